The van der Waals surface area contributed by atoms with Gasteiger partial charge < -0.3 is 5.73 Å². The summed E-state index contributed by atoms with van der Waals surface area (Å²) in [4.78, 5) is 10.8. The number of Topliss-reactive ketones (excluding diaryl/α,β-unsaturated/α-hetero) is 1. The smallest absolute Gasteiger partial charge is 0.150 e. The lowest BCUT2D eigenvalue weighted by Gasteiger charge is -2.01. The highest BCUT2D eigenvalue weighted by atomic mass is 32.2. The Morgan fingerprint density at radius 1 is 1.55 bits per heavy atom. The van der Waals surface area contributed by atoms with Gasteiger partial charge in [-0.2, -0.15) is 0 Å². The molecule has 0 fully saturated rings. The minimum atomic E-state index is -3.03. The molecule has 0 aliphatic carbocycles. The first-order valence-electron chi connectivity index (χ1n) is 3.29. The Morgan fingerprint density at radius 2 is 2.00 bits per heavy atom. The predicted octanol–water partition coefficient (Wildman–Crippen LogP) is -0.663. The summed E-state index contributed by atoms with van der Waals surface area (Å²) in [6.07, 6.45) is 1.12. The van der Waals surface area contributed by atoms with Crippen LogP contribution in [0.4, 0.5) is 0 Å². The zero-order chi connectivity index (χ0) is 9.07. The van der Waals surface area contributed by atoms with Crippen molar-refractivity contribution in [2.24, 2.45) is 5.73 Å². The number of sulfone groups is 1. The molecular weight excluding hydrogens is 166 g/mol. The van der Waals surface area contributed by atoms with E-state index >= 15 is 0 Å². The van der Waals surface area contributed by atoms with E-state index in [1.165, 1.54) is 0 Å². The zero-order valence-corrected chi connectivity index (χ0v) is 7.52. The summed E-state index contributed by atoms with van der Waals surface area (Å²) < 4.78 is 21.1. The SMILES string of the molecule is CC(N)C(=O)CCS(C)(=O)=O. The van der Waals surface area contributed by atoms with Crippen molar-refractivity contribution in [1.82, 2.24) is 0 Å². The van der Waals surface area contributed by atoms with Gasteiger partial charge in [-0.1, -0.05) is 0 Å². The lowest BCUT2D eigenvalue weighted by molar-refractivity contribution is -0.119. The quantitative estimate of drug-likeness (QED) is 0.621. The third-order valence-corrected chi connectivity index (χ3v) is 2.17. The van der Waals surface area contributed by atoms with Gasteiger partial charge in [0.05, 0.1) is 11.8 Å². The fourth-order valence-electron chi connectivity index (χ4n) is 0.514. The molecule has 66 valence electrons. The molecule has 0 rings (SSSR count). The standard InChI is InChI=1S/C6H13NO3S/c1-5(7)6(8)3-4-11(2,9)10/h5H,3-4,7H2,1-2H3. The maximum absolute atomic E-state index is 10.8. The van der Waals surface area contributed by atoms with Crippen molar-refractivity contribution < 1.29 is 13.2 Å². The van der Waals surface area contributed by atoms with Crippen molar-refractivity contribution in [3.8, 4) is 0 Å². The zero-order valence-electron chi connectivity index (χ0n) is 6.70. The van der Waals surface area contributed by atoms with Crippen molar-refractivity contribution in [3.05, 3.63) is 0 Å². The van der Waals surface area contributed by atoms with Crippen LogP contribution in [0.25, 0.3) is 0 Å². The number of carbonyl (C=O) groups is 1. The molecule has 0 spiro atoms. The Hall–Kier alpha value is -0.420. The molecule has 1 unspecified atom stereocenters. The van der Waals surface area contributed by atoms with E-state index < -0.39 is 15.9 Å². The molecule has 0 heterocycles. The van der Waals surface area contributed by atoms with Gasteiger partial charge >= 0.3 is 0 Å². The lowest BCUT2D eigenvalue weighted by atomic mass is 10.2. The third kappa shape index (κ3) is 6.00. The van der Waals surface area contributed by atoms with Crippen LogP contribution in [0.15, 0.2) is 0 Å². The number of carbonyl (C=O) groups excluding carboxylic acids is 1. The van der Waals surface area contributed by atoms with E-state index in [0.29, 0.717) is 0 Å². The molecule has 0 bridgehead atoms. The molecule has 1 atom stereocenters. The van der Waals surface area contributed by atoms with E-state index in [2.05, 4.69) is 0 Å². The minimum Gasteiger partial charge on any atom is -0.322 e. The predicted molar refractivity (Wildman–Crippen MR) is 43.0 cm³/mol. The van der Waals surface area contributed by atoms with E-state index in [4.69, 9.17) is 5.73 Å². The molecule has 0 aliphatic heterocycles. The molecule has 0 radical (unpaired) electrons. The first-order chi connectivity index (χ1) is 4.83. The molecule has 0 aromatic carbocycles. The fourth-order valence-corrected chi connectivity index (χ4v) is 1.09. The van der Waals surface area contributed by atoms with Crippen molar-refractivity contribution >= 4 is 15.6 Å². The van der Waals surface area contributed by atoms with Crippen molar-refractivity contribution in [1.29, 1.82) is 0 Å². The van der Waals surface area contributed by atoms with Crippen LogP contribution >= 0.6 is 0 Å². The van der Waals surface area contributed by atoms with Gasteiger partial charge in [0, 0.05) is 12.7 Å². The largest absolute Gasteiger partial charge is 0.322 e. The molecule has 11 heavy (non-hydrogen) atoms. The van der Waals surface area contributed by atoms with E-state index in [0.717, 1.165) is 6.26 Å². The lowest BCUT2D eigenvalue weighted by Crippen LogP contribution is -2.28. The number of nitrogens with two attached hydrogens (primary N) is 1. The van der Waals surface area contributed by atoms with Gasteiger partial charge in [0.1, 0.15) is 15.6 Å². The van der Waals surface area contributed by atoms with E-state index in [9.17, 15) is 13.2 Å². The molecule has 0 aromatic rings. The van der Waals surface area contributed by atoms with Crippen LogP contribution in [0.5, 0.6) is 0 Å². The summed E-state index contributed by atoms with van der Waals surface area (Å²) in [6, 6.07) is -0.559. The van der Waals surface area contributed by atoms with Crippen LogP contribution in [0, 0.1) is 0 Å². The normalized spacial score (nSPS) is 14.5. The molecule has 0 saturated heterocycles. The fraction of sp³-hybridized carbons (Fsp3) is 0.833. The monoisotopic (exact) mass is 179 g/mol. The molecule has 4 nitrogen and oxygen atoms in total. The van der Waals surface area contributed by atoms with Gasteiger partial charge in [0.25, 0.3) is 0 Å². The molecule has 0 aromatic heterocycles. The Morgan fingerprint density at radius 3 is 2.27 bits per heavy atom. The highest BCUT2D eigenvalue weighted by Crippen LogP contribution is 1.92. The van der Waals surface area contributed by atoms with Gasteiger partial charge in [-0.3, -0.25) is 4.79 Å². The Balaban J connectivity index is 3.83. The van der Waals surface area contributed by atoms with E-state index in [-0.39, 0.29) is 18.0 Å². The second-order valence-electron chi connectivity index (χ2n) is 2.63. The van der Waals surface area contributed by atoms with Crippen LogP contribution in [0.1, 0.15) is 13.3 Å². The van der Waals surface area contributed by atoms with E-state index in [1.807, 2.05) is 0 Å². The average Bonchev–Trinajstić information content (AvgIpc) is 1.80. The van der Waals surface area contributed by atoms with Gasteiger partial charge in [0.2, 0.25) is 0 Å². The van der Waals surface area contributed by atoms with Gasteiger partial charge in [-0.15, -0.1) is 0 Å². The second kappa shape index (κ2) is 3.82. The van der Waals surface area contributed by atoms with Crippen LogP contribution in [0.2, 0.25) is 0 Å². The molecule has 0 aliphatic rings. The van der Waals surface area contributed by atoms with Gasteiger partial charge in [-0.25, -0.2) is 8.42 Å². The average molecular weight is 179 g/mol. The van der Waals surface area contributed by atoms with Crippen molar-refractivity contribution in [2.45, 2.75) is 19.4 Å². The Labute approximate surface area is 66.7 Å². The van der Waals surface area contributed by atoms with Crippen LogP contribution in [-0.2, 0) is 14.6 Å². The second-order valence-corrected chi connectivity index (χ2v) is 4.89. The number of rotatable bonds is 4. The first-order valence-corrected chi connectivity index (χ1v) is 5.35. The highest BCUT2D eigenvalue weighted by molar-refractivity contribution is 7.90. The summed E-state index contributed by atoms with van der Waals surface area (Å²) in [5.74, 6) is -0.316. The molecule has 5 heteroatoms. The summed E-state index contributed by atoms with van der Waals surface area (Å²) in [5, 5.41) is 0. The minimum absolute atomic E-state index is 0.0243. The number of ketones is 1. The highest BCUT2D eigenvalue weighted by Gasteiger charge is 2.10. The molecule has 0 saturated carbocycles. The molecule has 2 N–H and O–H groups in total. The summed E-state index contributed by atoms with van der Waals surface area (Å²) >= 11 is 0. The van der Waals surface area contributed by atoms with Crippen LogP contribution in [0.3, 0.4) is 0 Å². The third-order valence-electron chi connectivity index (χ3n) is 1.23. The molecular formula is C6H13NO3S. The maximum atomic E-state index is 10.8. The van der Waals surface area contributed by atoms with Crippen LogP contribution in [-0.4, -0.2) is 32.3 Å². The van der Waals surface area contributed by atoms with Gasteiger partial charge in [-0.05, 0) is 6.92 Å². The van der Waals surface area contributed by atoms with Crippen molar-refractivity contribution in [3.63, 3.8) is 0 Å². The summed E-state index contributed by atoms with van der Waals surface area (Å²) in [6.45, 7) is 1.55. The Kier molecular flexibility index (Phi) is 3.68. The summed E-state index contributed by atoms with van der Waals surface area (Å²) in [7, 11) is -3.03. The van der Waals surface area contributed by atoms with Crippen LogP contribution < -0.4 is 5.73 Å². The maximum Gasteiger partial charge on any atom is 0.150 e. The first kappa shape index (κ1) is 10.6. The Bertz CT molecular complexity index is 230. The topological polar surface area (TPSA) is 77.2 Å². The number of hydrogen-bond acceptors (Lipinski definition) is 4. The van der Waals surface area contributed by atoms with Crippen molar-refractivity contribution in [2.75, 3.05) is 12.0 Å². The molecule has 0 amide bonds. The summed E-state index contributed by atoms with van der Waals surface area (Å²) in [5.41, 5.74) is 5.22. The van der Waals surface area contributed by atoms with Gasteiger partial charge in [0.15, 0.2) is 0 Å². The van der Waals surface area contributed by atoms with E-state index in [1.54, 1.807) is 6.92 Å². The number of hydrogen-bond donors (Lipinski definition) is 1.